The Morgan fingerprint density at radius 1 is 1.10 bits per heavy atom. The average Bonchev–Trinajstić information content (AvgIpc) is 2.44. The van der Waals surface area contributed by atoms with Crippen molar-refractivity contribution in [3.8, 4) is 5.75 Å². The standard InChI is InChI=1S/C14H12F2N2O2/c15-10-6-7-12(16)13(8-10)18-14(19)17-9-20-11-4-2-1-3-5-11/h1-8H,9H2,(H2,17,18,19). The number of rotatable bonds is 4. The molecule has 0 aliphatic rings. The molecule has 0 spiro atoms. The van der Waals surface area contributed by atoms with Gasteiger partial charge in [0.05, 0.1) is 5.69 Å². The Morgan fingerprint density at radius 3 is 2.60 bits per heavy atom. The van der Waals surface area contributed by atoms with Crippen molar-refractivity contribution in [3.05, 3.63) is 60.2 Å². The highest BCUT2D eigenvalue weighted by Crippen LogP contribution is 2.14. The Hall–Kier alpha value is -2.63. The molecule has 0 aromatic heterocycles. The highest BCUT2D eigenvalue weighted by molar-refractivity contribution is 5.89. The van der Waals surface area contributed by atoms with E-state index in [1.807, 2.05) is 6.07 Å². The van der Waals surface area contributed by atoms with E-state index in [-0.39, 0.29) is 12.4 Å². The molecule has 0 aliphatic heterocycles. The molecule has 2 rings (SSSR count). The second kappa shape index (κ2) is 6.51. The van der Waals surface area contributed by atoms with Gasteiger partial charge in [-0.05, 0) is 24.3 Å². The van der Waals surface area contributed by atoms with Crippen molar-refractivity contribution in [3.63, 3.8) is 0 Å². The molecule has 0 heterocycles. The lowest BCUT2D eigenvalue weighted by molar-refractivity contribution is 0.234. The summed E-state index contributed by atoms with van der Waals surface area (Å²) in [5.74, 6) is -0.766. The minimum absolute atomic E-state index is 0.0905. The molecular formula is C14H12F2N2O2. The first kappa shape index (κ1) is 13.8. The van der Waals surface area contributed by atoms with Crippen LogP contribution >= 0.6 is 0 Å². The number of amides is 2. The number of hydrogen-bond donors (Lipinski definition) is 2. The van der Waals surface area contributed by atoms with Crippen LogP contribution in [-0.2, 0) is 0 Å². The molecule has 2 amide bonds. The van der Waals surface area contributed by atoms with E-state index < -0.39 is 17.7 Å². The molecule has 0 atom stereocenters. The number of nitrogens with one attached hydrogen (secondary N) is 2. The molecule has 0 radical (unpaired) electrons. The normalized spacial score (nSPS) is 9.90. The first-order chi connectivity index (χ1) is 9.65. The van der Waals surface area contributed by atoms with E-state index in [9.17, 15) is 13.6 Å². The lowest BCUT2D eigenvalue weighted by Crippen LogP contribution is -2.32. The van der Waals surface area contributed by atoms with Gasteiger partial charge in [0.25, 0.3) is 0 Å². The van der Waals surface area contributed by atoms with Crippen molar-refractivity contribution in [1.29, 1.82) is 0 Å². The highest BCUT2D eigenvalue weighted by Gasteiger charge is 2.07. The number of halogens is 2. The number of anilines is 1. The number of hydrogen-bond acceptors (Lipinski definition) is 2. The molecule has 0 bridgehead atoms. The number of carbonyl (C=O) groups is 1. The van der Waals surface area contributed by atoms with Crippen molar-refractivity contribution in [2.75, 3.05) is 12.0 Å². The molecule has 2 aromatic rings. The van der Waals surface area contributed by atoms with Gasteiger partial charge in [-0.1, -0.05) is 18.2 Å². The molecule has 104 valence electrons. The second-order valence-electron chi connectivity index (χ2n) is 3.86. The van der Waals surface area contributed by atoms with Crippen LogP contribution in [0.1, 0.15) is 0 Å². The summed E-state index contributed by atoms with van der Waals surface area (Å²) >= 11 is 0. The first-order valence-electron chi connectivity index (χ1n) is 5.83. The van der Waals surface area contributed by atoms with Gasteiger partial charge in [0.15, 0.2) is 6.73 Å². The summed E-state index contributed by atoms with van der Waals surface area (Å²) < 4.78 is 31.4. The lowest BCUT2D eigenvalue weighted by Gasteiger charge is -2.09. The Morgan fingerprint density at radius 2 is 1.85 bits per heavy atom. The van der Waals surface area contributed by atoms with Gasteiger partial charge in [-0.2, -0.15) is 0 Å². The lowest BCUT2D eigenvalue weighted by atomic mass is 10.3. The molecule has 6 heteroatoms. The fourth-order valence-electron chi connectivity index (χ4n) is 1.46. The zero-order valence-electron chi connectivity index (χ0n) is 10.4. The van der Waals surface area contributed by atoms with Crippen molar-refractivity contribution in [2.45, 2.75) is 0 Å². The van der Waals surface area contributed by atoms with Gasteiger partial charge in [-0.15, -0.1) is 0 Å². The van der Waals surface area contributed by atoms with Crippen LogP contribution < -0.4 is 15.4 Å². The predicted molar refractivity (Wildman–Crippen MR) is 70.4 cm³/mol. The number of para-hydroxylation sites is 1. The maximum atomic E-state index is 13.3. The van der Waals surface area contributed by atoms with Gasteiger partial charge in [0.2, 0.25) is 0 Å². The zero-order valence-corrected chi connectivity index (χ0v) is 10.4. The van der Waals surface area contributed by atoms with Crippen molar-refractivity contribution in [2.24, 2.45) is 0 Å². The van der Waals surface area contributed by atoms with Crippen LogP contribution in [0.15, 0.2) is 48.5 Å². The largest absolute Gasteiger partial charge is 0.473 e. The molecule has 0 saturated heterocycles. The second-order valence-corrected chi connectivity index (χ2v) is 3.86. The van der Waals surface area contributed by atoms with Crippen LogP contribution in [0.2, 0.25) is 0 Å². The number of urea groups is 1. The molecule has 20 heavy (non-hydrogen) atoms. The third kappa shape index (κ3) is 3.94. The minimum atomic E-state index is -0.717. The fourth-order valence-corrected chi connectivity index (χ4v) is 1.46. The van der Waals surface area contributed by atoms with E-state index in [0.29, 0.717) is 5.75 Å². The monoisotopic (exact) mass is 278 g/mol. The summed E-state index contributed by atoms with van der Waals surface area (Å²) in [5, 5.41) is 4.56. The molecule has 0 aliphatic carbocycles. The third-order valence-electron chi connectivity index (χ3n) is 2.39. The molecule has 2 aromatic carbocycles. The summed E-state index contributed by atoms with van der Waals surface area (Å²) in [6.07, 6.45) is 0. The van der Waals surface area contributed by atoms with E-state index >= 15 is 0 Å². The summed E-state index contributed by atoms with van der Waals surface area (Å²) in [5.41, 5.74) is -0.234. The van der Waals surface area contributed by atoms with Crippen LogP contribution in [0.5, 0.6) is 5.75 Å². The average molecular weight is 278 g/mol. The maximum absolute atomic E-state index is 13.3. The van der Waals surface area contributed by atoms with Gasteiger partial charge in [-0.25, -0.2) is 13.6 Å². The van der Waals surface area contributed by atoms with Crippen molar-refractivity contribution in [1.82, 2.24) is 5.32 Å². The molecule has 0 saturated carbocycles. The van der Waals surface area contributed by atoms with Gasteiger partial charge in [0.1, 0.15) is 17.4 Å². The Kier molecular flexibility index (Phi) is 4.49. The minimum Gasteiger partial charge on any atom is -0.473 e. The van der Waals surface area contributed by atoms with E-state index in [0.717, 1.165) is 18.2 Å². The smallest absolute Gasteiger partial charge is 0.321 e. The third-order valence-corrected chi connectivity index (χ3v) is 2.39. The topological polar surface area (TPSA) is 50.4 Å². The summed E-state index contributed by atoms with van der Waals surface area (Å²) in [7, 11) is 0. The molecule has 0 unspecified atom stereocenters. The van der Waals surface area contributed by atoms with Crippen LogP contribution in [-0.4, -0.2) is 12.8 Å². The van der Waals surface area contributed by atoms with Crippen LogP contribution in [0, 0.1) is 11.6 Å². The van der Waals surface area contributed by atoms with Crippen LogP contribution in [0.25, 0.3) is 0 Å². The van der Waals surface area contributed by atoms with Gasteiger partial charge >= 0.3 is 6.03 Å². The Balaban J connectivity index is 1.82. The fraction of sp³-hybridized carbons (Fsp3) is 0.0714. The Bertz CT molecular complexity index is 591. The molecular weight excluding hydrogens is 266 g/mol. The quantitative estimate of drug-likeness (QED) is 0.844. The summed E-state index contributed by atoms with van der Waals surface area (Å²) in [6, 6.07) is 11.0. The number of benzene rings is 2. The van der Waals surface area contributed by atoms with E-state index in [1.54, 1.807) is 24.3 Å². The summed E-state index contributed by atoms with van der Waals surface area (Å²) in [4.78, 5) is 11.5. The van der Waals surface area contributed by atoms with Crippen LogP contribution in [0.3, 0.4) is 0 Å². The van der Waals surface area contributed by atoms with Gasteiger partial charge in [-0.3, -0.25) is 0 Å². The van der Waals surface area contributed by atoms with Gasteiger partial charge < -0.3 is 15.4 Å². The number of carbonyl (C=O) groups excluding carboxylic acids is 1. The van der Waals surface area contributed by atoms with E-state index in [2.05, 4.69) is 10.6 Å². The molecule has 2 N–H and O–H groups in total. The highest BCUT2D eigenvalue weighted by atomic mass is 19.1. The van der Waals surface area contributed by atoms with E-state index in [1.165, 1.54) is 0 Å². The number of ether oxygens (including phenoxy) is 1. The van der Waals surface area contributed by atoms with Crippen molar-refractivity contribution >= 4 is 11.7 Å². The Labute approximate surface area is 114 Å². The first-order valence-corrected chi connectivity index (χ1v) is 5.83. The summed E-state index contributed by atoms with van der Waals surface area (Å²) in [6.45, 7) is -0.0905. The maximum Gasteiger partial charge on any atom is 0.321 e. The van der Waals surface area contributed by atoms with Crippen LogP contribution in [0.4, 0.5) is 19.3 Å². The predicted octanol–water partition coefficient (Wildman–Crippen LogP) is 3.12. The molecule has 0 fully saturated rings. The SMILES string of the molecule is O=C(NCOc1ccccc1)Nc1cc(F)ccc1F. The van der Waals surface area contributed by atoms with Gasteiger partial charge in [0, 0.05) is 6.07 Å². The van der Waals surface area contributed by atoms with Crippen molar-refractivity contribution < 1.29 is 18.3 Å². The van der Waals surface area contributed by atoms with E-state index in [4.69, 9.17) is 4.74 Å². The molecule has 4 nitrogen and oxygen atoms in total. The zero-order chi connectivity index (χ0) is 14.4.